The fourth-order valence-corrected chi connectivity index (χ4v) is 2.58. The summed E-state index contributed by atoms with van der Waals surface area (Å²) < 4.78 is 0. The maximum atomic E-state index is 12.3. The molecule has 0 unspecified atom stereocenters. The topological polar surface area (TPSA) is 101 Å². The highest BCUT2D eigenvalue weighted by Gasteiger charge is 2.20. The minimum Gasteiger partial charge on any atom is -0.348 e. The molecule has 1 aliphatic carbocycles. The number of amides is 2. The second-order valence-corrected chi connectivity index (χ2v) is 5.55. The van der Waals surface area contributed by atoms with E-state index in [-0.39, 0.29) is 29.2 Å². The van der Waals surface area contributed by atoms with Crippen LogP contribution < -0.4 is 10.6 Å². The molecule has 7 nitrogen and oxygen atoms in total. The molecule has 1 aromatic rings. The summed E-state index contributed by atoms with van der Waals surface area (Å²) in [6.45, 7) is 1.31. The fourth-order valence-electron chi connectivity index (χ4n) is 2.58. The molecule has 2 N–H and O–H groups in total. The molecule has 0 aromatic heterocycles. The van der Waals surface area contributed by atoms with E-state index in [1.165, 1.54) is 31.2 Å². The average molecular weight is 317 g/mol. The summed E-state index contributed by atoms with van der Waals surface area (Å²) in [4.78, 5) is 34.0. The van der Waals surface area contributed by atoms with Crippen molar-refractivity contribution < 1.29 is 14.5 Å². The third-order valence-electron chi connectivity index (χ3n) is 3.64. The van der Waals surface area contributed by atoms with Crippen LogP contribution in [0, 0.1) is 10.1 Å². The van der Waals surface area contributed by atoms with E-state index in [0.29, 0.717) is 5.56 Å². The monoisotopic (exact) mass is 317 g/mol. The van der Waals surface area contributed by atoms with Crippen LogP contribution >= 0.6 is 0 Å². The Morgan fingerprint density at radius 1 is 1.30 bits per heavy atom. The lowest BCUT2D eigenvalue weighted by atomic mass is 10.1. The number of carbonyl (C=O) groups excluding carboxylic acids is 2. The number of hydrogen-bond donors (Lipinski definition) is 2. The lowest BCUT2D eigenvalue weighted by molar-refractivity contribution is -0.384. The van der Waals surface area contributed by atoms with E-state index in [2.05, 4.69) is 10.6 Å². The summed E-state index contributed by atoms with van der Waals surface area (Å²) in [6.07, 6.45) is 5.45. The second kappa shape index (κ2) is 7.53. The highest BCUT2D eigenvalue weighted by Crippen LogP contribution is 2.19. The van der Waals surface area contributed by atoms with Gasteiger partial charge in [-0.2, -0.15) is 0 Å². The van der Waals surface area contributed by atoms with Crippen molar-refractivity contribution in [2.75, 3.05) is 0 Å². The van der Waals surface area contributed by atoms with E-state index >= 15 is 0 Å². The molecule has 1 fully saturated rings. The quantitative estimate of drug-likeness (QED) is 0.493. The maximum Gasteiger partial charge on any atom is 0.270 e. The molecular formula is C16H19N3O4. The number of nitrogens with one attached hydrogen (secondary N) is 2. The lowest BCUT2D eigenvalue weighted by Gasteiger charge is -2.14. The Morgan fingerprint density at radius 2 is 2.00 bits per heavy atom. The standard InChI is InChI=1S/C16H19N3O4/c1-11(20)17-15(16(21)18-13-6-2-3-7-13)10-12-5-4-8-14(9-12)19(22)23/h4-5,8-10,13H,2-3,6-7H2,1H3,(H,17,20)(H,18,21). The number of carbonyl (C=O) groups is 2. The molecule has 1 saturated carbocycles. The number of benzene rings is 1. The molecule has 0 saturated heterocycles. The molecule has 0 spiro atoms. The highest BCUT2D eigenvalue weighted by atomic mass is 16.6. The number of nitro benzene ring substituents is 1. The maximum absolute atomic E-state index is 12.3. The molecular weight excluding hydrogens is 298 g/mol. The van der Waals surface area contributed by atoms with Gasteiger partial charge in [0.15, 0.2) is 0 Å². The van der Waals surface area contributed by atoms with Crippen LogP contribution in [-0.2, 0) is 9.59 Å². The Balaban J connectivity index is 2.22. The summed E-state index contributed by atoms with van der Waals surface area (Å²) >= 11 is 0. The first-order valence-corrected chi connectivity index (χ1v) is 7.50. The third-order valence-corrected chi connectivity index (χ3v) is 3.64. The van der Waals surface area contributed by atoms with Crippen molar-refractivity contribution >= 4 is 23.6 Å². The van der Waals surface area contributed by atoms with E-state index in [9.17, 15) is 19.7 Å². The molecule has 2 amide bonds. The first-order chi connectivity index (χ1) is 11.0. The summed E-state index contributed by atoms with van der Waals surface area (Å²) in [5.41, 5.74) is 0.492. The molecule has 0 bridgehead atoms. The SMILES string of the molecule is CC(=O)NC(=Cc1cccc([N+](=O)[O-])c1)C(=O)NC1CCCC1. The Hall–Kier alpha value is -2.70. The lowest BCUT2D eigenvalue weighted by Crippen LogP contribution is -2.38. The summed E-state index contributed by atoms with van der Waals surface area (Å²) in [6, 6.07) is 6.00. The van der Waals surface area contributed by atoms with Gasteiger partial charge in [0.25, 0.3) is 11.6 Å². The van der Waals surface area contributed by atoms with Crippen LogP contribution in [0.2, 0.25) is 0 Å². The van der Waals surface area contributed by atoms with Crippen LogP contribution in [0.3, 0.4) is 0 Å². The van der Waals surface area contributed by atoms with E-state index < -0.39 is 4.92 Å². The minimum absolute atomic E-state index is 0.0721. The van der Waals surface area contributed by atoms with Crippen LogP contribution in [0.5, 0.6) is 0 Å². The van der Waals surface area contributed by atoms with E-state index in [1.807, 2.05) is 0 Å². The van der Waals surface area contributed by atoms with Gasteiger partial charge < -0.3 is 10.6 Å². The van der Waals surface area contributed by atoms with Gasteiger partial charge in [0, 0.05) is 25.1 Å². The van der Waals surface area contributed by atoms with Gasteiger partial charge in [-0.25, -0.2) is 0 Å². The molecule has 1 aromatic carbocycles. The van der Waals surface area contributed by atoms with Crippen LogP contribution in [-0.4, -0.2) is 22.8 Å². The van der Waals surface area contributed by atoms with Crippen LogP contribution in [0.25, 0.3) is 6.08 Å². The minimum atomic E-state index is -0.506. The number of nitrogens with zero attached hydrogens (tertiary/aromatic N) is 1. The molecule has 7 heteroatoms. The normalized spacial score (nSPS) is 15.3. The number of hydrogen-bond acceptors (Lipinski definition) is 4. The van der Waals surface area contributed by atoms with Crippen molar-refractivity contribution in [1.29, 1.82) is 0 Å². The molecule has 0 atom stereocenters. The number of rotatable bonds is 5. The zero-order valence-corrected chi connectivity index (χ0v) is 12.9. The molecule has 23 heavy (non-hydrogen) atoms. The highest BCUT2D eigenvalue weighted by molar-refractivity contribution is 6.01. The Labute approximate surface area is 133 Å². The fraction of sp³-hybridized carbons (Fsp3) is 0.375. The summed E-state index contributed by atoms with van der Waals surface area (Å²) in [7, 11) is 0. The van der Waals surface area contributed by atoms with Crippen LogP contribution in [0.4, 0.5) is 5.69 Å². The van der Waals surface area contributed by atoms with Gasteiger partial charge in [-0.3, -0.25) is 19.7 Å². The average Bonchev–Trinajstić information content (AvgIpc) is 2.99. The molecule has 2 rings (SSSR count). The van der Waals surface area contributed by atoms with Crippen molar-refractivity contribution in [3.63, 3.8) is 0 Å². The summed E-state index contributed by atoms with van der Waals surface area (Å²) in [5, 5.41) is 16.2. The molecule has 1 aliphatic rings. The van der Waals surface area contributed by atoms with Crippen LogP contribution in [0.15, 0.2) is 30.0 Å². The van der Waals surface area contributed by atoms with Gasteiger partial charge in [-0.05, 0) is 24.5 Å². The van der Waals surface area contributed by atoms with Gasteiger partial charge in [0.2, 0.25) is 5.91 Å². The van der Waals surface area contributed by atoms with E-state index in [1.54, 1.807) is 6.07 Å². The number of nitro groups is 1. The third kappa shape index (κ3) is 4.91. The molecule has 0 heterocycles. The predicted octanol–water partition coefficient (Wildman–Crippen LogP) is 2.13. The molecule has 0 aliphatic heterocycles. The predicted molar refractivity (Wildman–Crippen MR) is 85.3 cm³/mol. The molecule has 122 valence electrons. The Kier molecular flexibility index (Phi) is 5.46. The van der Waals surface area contributed by atoms with Crippen molar-refractivity contribution in [3.05, 3.63) is 45.6 Å². The largest absolute Gasteiger partial charge is 0.348 e. The van der Waals surface area contributed by atoms with Gasteiger partial charge in [-0.1, -0.05) is 25.0 Å². The Bertz CT molecular complexity index is 648. The van der Waals surface area contributed by atoms with Gasteiger partial charge in [-0.15, -0.1) is 0 Å². The zero-order chi connectivity index (χ0) is 16.8. The van der Waals surface area contributed by atoms with E-state index in [0.717, 1.165) is 25.7 Å². The van der Waals surface area contributed by atoms with Crippen molar-refractivity contribution in [3.8, 4) is 0 Å². The zero-order valence-electron chi connectivity index (χ0n) is 12.9. The van der Waals surface area contributed by atoms with E-state index in [4.69, 9.17) is 0 Å². The van der Waals surface area contributed by atoms with Crippen LogP contribution in [0.1, 0.15) is 38.2 Å². The van der Waals surface area contributed by atoms with Gasteiger partial charge in [0.1, 0.15) is 5.70 Å². The van der Waals surface area contributed by atoms with Crippen molar-refractivity contribution in [2.45, 2.75) is 38.6 Å². The van der Waals surface area contributed by atoms with Gasteiger partial charge in [0.05, 0.1) is 4.92 Å². The summed E-state index contributed by atoms with van der Waals surface area (Å²) in [5.74, 6) is -0.748. The van der Waals surface area contributed by atoms with Gasteiger partial charge >= 0.3 is 0 Å². The molecule has 0 radical (unpaired) electrons. The van der Waals surface area contributed by atoms with Crippen molar-refractivity contribution in [1.82, 2.24) is 10.6 Å². The van der Waals surface area contributed by atoms with Crippen molar-refractivity contribution in [2.24, 2.45) is 0 Å². The Morgan fingerprint density at radius 3 is 2.61 bits per heavy atom. The first kappa shape index (κ1) is 16.7. The first-order valence-electron chi connectivity index (χ1n) is 7.50. The second-order valence-electron chi connectivity index (χ2n) is 5.55. The smallest absolute Gasteiger partial charge is 0.270 e. The number of non-ortho nitro benzene ring substituents is 1.